The summed E-state index contributed by atoms with van der Waals surface area (Å²) in [6.45, 7) is 1.45. The minimum absolute atomic E-state index is 0.109. The van der Waals surface area contributed by atoms with Crippen LogP contribution in [-0.4, -0.2) is 17.0 Å². The first-order valence-electron chi connectivity index (χ1n) is 5.18. The molecule has 2 unspecified atom stereocenters. The van der Waals surface area contributed by atoms with E-state index in [1.165, 1.54) is 6.92 Å². The summed E-state index contributed by atoms with van der Waals surface area (Å²) in [5, 5.41) is 11.5. The summed E-state index contributed by atoms with van der Waals surface area (Å²) < 4.78 is 0. The van der Waals surface area contributed by atoms with E-state index in [0.717, 1.165) is 17.7 Å². The zero-order valence-corrected chi connectivity index (χ0v) is 8.93. The summed E-state index contributed by atoms with van der Waals surface area (Å²) in [4.78, 5) is 21.5. The van der Waals surface area contributed by atoms with Crippen molar-refractivity contribution < 1.29 is 14.7 Å². The van der Waals surface area contributed by atoms with Crippen LogP contribution in [0.1, 0.15) is 24.8 Å². The first-order chi connectivity index (χ1) is 7.58. The third kappa shape index (κ3) is 2.21. The van der Waals surface area contributed by atoms with E-state index in [0.29, 0.717) is 0 Å². The van der Waals surface area contributed by atoms with Gasteiger partial charge in [0.25, 0.3) is 0 Å². The maximum Gasteiger partial charge on any atom is 0.307 e. The van der Waals surface area contributed by atoms with Crippen LogP contribution in [0, 0.1) is 5.92 Å². The SMILES string of the molecule is CC(=O)Nc1ccc(C2CC2C(=O)O)cc1. The quantitative estimate of drug-likeness (QED) is 0.815. The number of rotatable bonds is 3. The lowest BCUT2D eigenvalue weighted by Gasteiger charge is -2.03. The molecule has 84 valence electrons. The van der Waals surface area contributed by atoms with Crippen LogP contribution < -0.4 is 5.32 Å². The maximum atomic E-state index is 10.8. The molecule has 0 aliphatic heterocycles. The summed E-state index contributed by atoms with van der Waals surface area (Å²) in [5.41, 5.74) is 1.77. The van der Waals surface area contributed by atoms with E-state index in [1.54, 1.807) is 12.1 Å². The molecule has 1 aliphatic carbocycles. The lowest BCUT2D eigenvalue weighted by molar-refractivity contribution is -0.138. The zero-order chi connectivity index (χ0) is 11.7. The van der Waals surface area contributed by atoms with Crippen LogP contribution in [0.2, 0.25) is 0 Å². The number of nitrogens with one attached hydrogen (secondary N) is 1. The lowest BCUT2D eigenvalue weighted by Crippen LogP contribution is -2.05. The third-order valence-corrected chi connectivity index (χ3v) is 2.77. The molecule has 1 fully saturated rings. The fraction of sp³-hybridized carbons (Fsp3) is 0.333. The topological polar surface area (TPSA) is 66.4 Å². The molecule has 0 heterocycles. The van der Waals surface area contributed by atoms with Crippen LogP contribution in [0.5, 0.6) is 0 Å². The minimum Gasteiger partial charge on any atom is -0.481 e. The predicted octanol–water partition coefficient (Wildman–Crippen LogP) is 1.83. The van der Waals surface area contributed by atoms with Gasteiger partial charge in [-0.1, -0.05) is 12.1 Å². The van der Waals surface area contributed by atoms with Gasteiger partial charge in [-0.2, -0.15) is 0 Å². The Balaban J connectivity index is 2.04. The molecule has 1 aromatic carbocycles. The van der Waals surface area contributed by atoms with E-state index >= 15 is 0 Å². The van der Waals surface area contributed by atoms with Crippen LogP contribution in [0.15, 0.2) is 24.3 Å². The molecular weight excluding hydrogens is 206 g/mol. The van der Waals surface area contributed by atoms with Gasteiger partial charge in [0, 0.05) is 12.6 Å². The van der Waals surface area contributed by atoms with Crippen molar-refractivity contribution in [1.29, 1.82) is 0 Å². The molecule has 2 atom stereocenters. The molecule has 0 saturated heterocycles. The molecule has 0 spiro atoms. The van der Waals surface area contributed by atoms with Gasteiger partial charge >= 0.3 is 5.97 Å². The Kier molecular flexibility index (Phi) is 2.64. The molecule has 0 radical (unpaired) electrons. The Morgan fingerprint density at radius 3 is 2.38 bits per heavy atom. The first kappa shape index (κ1) is 10.7. The number of aliphatic carboxylic acids is 1. The molecule has 1 saturated carbocycles. The molecule has 1 aliphatic rings. The Morgan fingerprint density at radius 1 is 1.31 bits per heavy atom. The molecular formula is C12H13NO3. The van der Waals surface area contributed by atoms with Crippen molar-refractivity contribution in [1.82, 2.24) is 0 Å². The molecule has 1 aromatic rings. The number of carbonyl (C=O) groups is 2. The summed E-state index contributed by atoms with van der Waals surface area (Å²) in [7, 11) is 0. The molecule has 0 aromatic heterocycles. The van der Waals surface area contributed by atoms with Crippen molar-refractivity contribution in [2.45, 2.75) is 19.3 Å². The fourth-order valence-corrected chi connectivity index (χ4v) is 1.85. The highest BCUT2D eigenvalue weighted by Crippen LogP contribution is 2.47. The average Bonchev–Trinajstić information content (AvgIpc) is 2.97. The van der Waals surface area contributed by atoms with Gasteiger partial charge < -0.3 is 10.4 Å². The van der Waals surface area contributed by atoms with Gasteiger partial charge in [0.15, 0.2) is 0 Å². The van der Waals surface area contributed by atoms with Crippen molar-refractivity contribution in [2.75, 3.05) is 5.32 Å². The van der Waals surface area contributed by atoms with E-state index in [1.807, 2.05) is 12.1 Å². The van der Waals surface area contributed by atoms with Crippen molar-refractivity contribution in [3.05, 3.63) is 29.8 Å². The van der Waals surface area contributed by atoms with E-state index in [9.17, 15) is 9.59 Å². The molecule has 4 heteroatoms. The number of carboxylic acids is 1. The normalized spacial score (nSPS) is 22.6. The highest BCUT2D eigenvalue weighted by Gasteiger charge is 2.43. The van der Waals surface area contributed by atoms with Gasteiger partial charge in [-0.3, -0.25) is 9.59 Å². The third-order valence-electron chi connectivity index (χ3n) is 2.77. The monoisotopic (exact) mass is 219 g/mol. The molecule has 16 heavy (non-hydrogen) atoms. The number of amides is 1. The van der Waals surface area contributed by atoms with Crippen LogP contribution in [0.4, 0.5) is 5.69 Å². The second-order valence-electron chi connectivity index (χ2n) is 4.09. The predicted molar refractivity (Wildman–Crippen MR) is 59.2 cm³/mol. The van der Waals surface area contributed by atoms with Crippen molar-refractivity contribution in [2.24, 2.45) is 5.92 Å². The van der Waals surface area contributed by atoms with Crippen LogP contribution >= 0.6 is 0 Å². The summed E-state index contributed by atoms with van der Waals surface area (Å²) in [6.07, 6.45) is 0.717. The Bertz CT molecular complexity index is 424. The van der Waals surface area contributed by atoms with Crippen molar-refractivity contribution in [3.8, 4) is 0 Å². The van der Waals surface area contributed by atoms with Gasteiger partial charge in [-0.05, 0) is 30.0 Å². The fourth-order valence-electron chi connectivity index (χ4n) is 1.85. The lowest BCUT2D eigenvalue weighted by atomic mass is 10.1. The highest BCUT2D eigenvalue weighted by molar-refractivity contribution is 5.88. The minimum atomic E-state index is -0.726. The number of carboxylic acid groups (broad SMARTS) is 1. The highest BCUT2D eigenvalue weighted by atomic mass is 16.4. The second-order valence-corrected chi connectivity index (χ2v) is 4.09. The van der Waals surface area contributed by atoms with Crippen LogP contribution in [-0.2, 0) is 9.59 Å². The molecule has 4 nitrogen and oxygen atoms in total. The molecule has 1 amide bonds. The van der Waals surface area contributed by atoms with E-state index in [4.69, 9.17) is 5.11 Å². The Labute approximate surface area is 93.3 Å². The average molecular weight is 219 g/mol. The van der Waals surface area contributed by atoms with Crippen molar-refractivity contribution >= 4 is 17.6 Å². The number of carbonyl (C=O) groups excluding carboxylic acids is 1. The smallest absolute Gasteiger partial charge is 0.307 e. The number of hydrogen-bond donors (Lipinski definition) is 2. The Morgan fingerprint density at radius 2 is 1.94 bits per heavy atom. The van der Waals surface area contributed by atoms with Crippen LogP contribution in [0.3, 0.4) is 0 Å². The van der Waals surface area contributed by atoms with Gasteiger partial charge in [0.05, 0.1) is 5.92 Å². The standard InChI is InChI=1S/C12H13NO3/c1-7(14)13-9-4-2-8(3-5-9)10-6-11(10)12(15)16/h2-5,10-11H,6H2,1H3,(H,13,14)(H,15,16). The molecule has 0 bridgehead atoms. The van der Waals surface area contributed by atoms with E-state index < -0.39 is 5.97 Å². The number of hydrogen-bond acceptors (Lipinski definition) is 2. The first-order valence-corrected chi connectivity index (χ1v) is 5.18. The van der Waals surface area contributed by atoms with Gasteiger partial charge in [0.2, 0.25) is 5.91 Å². The number of anilines is 1. The second kappa shape index (κ2) is 3.96. The van der Waals surface area contributed by atoms with Gasteiger partial charge in [-0.25, -0.2) is 0 Å². The molecule has 2 N–H and O–H groups in total. The summed E-state index contributed by atoms with van der Waals surface area (Å²) in [5.74, 6) is -0.922. The van der Waals surface area contributed by atoms with E-state index in [2.05, 4.69) is 5.32 Å². The summed E-state index contributed by atoms with van der Waals surface area (Å²) >= 11 is 0. The largest absolute Gasteiger partial charge is 0.481 e. The zero-order valence-electron chi connectivity index (χ0n) is 8.93. The molecule has 2 rings (SSSR count). The van der Waals surface area contributed by atoms with Gasteiger partial charge in [-0.15, -0.1) is 0 Å². The van der Waals surface area contributed by atoms with Crippen molar-refractivity contribution in [3.63, 3.8) is 0 Å². The van der Waals surface area contributed by atoms with E-state index in [-0.39, 0.29) is 17.7 Å². The Hall–Kier alpha value is -1.84. The van der Waals surface area contributed by atoms with Crippen LogP contribution in [0.25, 0.3) is 0 Å². The van der Waals surface area contributed by atoms with Gasteiger partial charge in [0.1, 0.15) is 0 Å². The number of benzene rings is 1. The summed E-state index contributed by atoms with van der Waals surface area (Å²) in [6, 6.07) is 7.35. The maximum absolute atomic E-state index is 10.8.